The zero-order chi connectivity index (χ0) is 26.9. The summed E-state index contributed by atoms with van der Waals surface area (Å²) in [6, 6.07) is 18.4. The molecule has 2 aromatic rings. The van der Waals surface area contributed by atoms with Crippen LogP contribution < -0.4 is 0 Å². The van der Waals surface area contributed by atoms with Crippen LogP contribution >= 0.6 is 0 Å². The number of fused-ring (bicyclic) bond motifs is 7. The minimum Gasteiger partial charge on any atom is -0.458 e. The van der Waals surface area contributed by atoms with Crippen LogP contribution in [0, 0.1) is 40.4 Å². The highest BCUT2D eigenvalue weighted by molar-refractivity contribution is 5.95. The minimum atomic E-state index is -0.292. The van der Waals surface area contributed by atoms with E-state index < -0.39 is 0 Å². The van der Waals surface area contributed by atoms with Gasteiger partial charge in [0.1, 0.15) is 12.2 Å². The number of hydrogen-bond donors (Lipinski definition) is 0. The van der Waals surface area contributed by atoms with Gasteiger partial charge in [-0.3, -0.25) is 4.79 Å². The summed E-state index contributed by atoms with van der Waals surface area (Å²) in [4.78, 5) is 39.6. The fraction of sp³-hybridized carbons (Fsp3) is 0.500. The molecular weight excluding hydrogens is 488 g/mol. The summed E-state index contributed by atoms with van der Waals surface area (Å²) in [6.45, 7) is 4.62. The van der Waals surface area contributed by atoms with Gasteiger partial charge in [0, 0.05) is 17.8 Å². The molecule has 5 heteroatoms. The number of allylic oxidation sites excluding steroid dienone is 1. The molecule has 0 aliphatic heterocycles. The van der Waals surface area contributed by atoms with Gasteiger partial charge in [-0.1, -0.05) is 55.8 Å². The number of carbonyl (C=O) groups is 3. The molecule has 7 rings (SSSR count). The molecule has 2 aromatic carbocycles. The summed E-state index contributed by atoms with van der Waals surface area (Å²) in [5.74, 6) is 1.05. The Labute approximate surface area is 230 Å². The monoisotopic (exact) mass is 524 g/mol. The lowest BCUT2D eigenvalue weighted by Gasteiger charge is -2.57. The molecule has 4 fully saturated rings. The molecule has 5 aliphatic carbocycles. The van der Waals surface area contributed by atoms with Crippen LogP contribution in [-0.4, -0.2) is 29.9 Å². The average Bonchev–Trinajstić information content (AvgIpc) is 3.68. The number of ketones is 1. The summed E-state index contributed by atoms with van der Waals surface area (Å²) in [5, 5.41) is 0. The molecule has 39 heavy (non-hydrogen) atoms. The Morgan fingerprint density at radius 2 is 1.46 bits per heavy atom. The summed E-state index contributed by atoms with van der Waals surface area (Å²) >= 11 is 0. The second-order valence-corrected chi connectivity index (χ2v) is 13.1. The second kappa shape index (κ2) is 8.90. The normalized spacial score (nSPS) is 39.8. The van der Waals surface area contributed by atoms with E-state index in [1.165, 1.54) is 0 Å². The van der Waals surface area contributed by atoms with E-state index in [1.54, 1.807) is 12.1 Å². The van der Waals surface area contributed by atoms with Crippen molar-refractivity contribution in [2.45, 2.75) is 64.6 Å². The van der Waals surface area contributed by atoms with Gasteiger partial charge in [-0.25, -0.2) is 9.59 Å². The topological polar surface area (TPSA) is 69.7 Å². The van der Waals surface area contributed by atoms with Crippen LogP contribution in [0.3, 0.4) is 0 Å². The van der Waals surface area contributed by atoms with Gasteiger partial charge in [-0.2, -0.15) is 0 Å². The predicted molar refractivity (Wildman–Crippen MR) is 146 cm³/mol. The van der Waals surface area contributed by atoms with Crippen molar-refractivity contribution in [2.24, 2.45) is 40.4 Å². The van der Waals surface area contributed by atoms with Gasteiger partial charge >= 0.3 is 11.9 Å². The number of hydrogen-bond acceptors (Lipinski definition) is 5. The third-order valence-corrected chi connectivity index (χ3v) is 11.1. The number of ether oxygens (including phenoxy) is 2. The highest BCUT2D eigenvalue weighted by atomic mass is 16.5. The lowest BCUT2D eigenvalue weighted by atomic mass is 9.47. The number of rotatable bonds is 4. The van der Waals surface area contributed by atoms with E-state index >= 15 is 0 Å². The first-order valence-electron chi connectivity index (χ1n) is 14.6. The van der Waals surface area contributed by atoms with Crippen molar-refractivity contribution in [3.63, 3.8) is 0 Å². The van der Waals surface area contributed by atoms with Crippen molar-refractivity contribution in [3.8, 4) is 0 Å². The van der Waals surface area contributed by atoms with Crippen molar-refractivity contribution in [1.29, 1.82) is 0 Å². The first-order valence-corrected chi connectivity index (χ1v) is 14.6. The Hall–Kier alpha value is -3.21. The molecule has 0 heterocycles. The fourth-order valence-electron chi connectivity index (χ4n) is 9.13. The number of benzene rings is 2. The SMILES string of the molecule is C[C@]12CC[C@H]3[C@@H](C(=O)C=C4C[C@@H](OC(=O)c5ccccc5)CC[C@@]43C)[C@@H]1[C@@H]1C[C@@H]1[C@@H]2OC(=O)c1ccccc1. The van der Waals surface area contributed by atoms with Gasteiger partial charge in [-0.05, 0) is 91.5 Å². The van der Waals surface area contributed by atoms with Crippen molar-refractivity contribution in [2.75, 3.05) is 0 Å². The summed E-state index contributed by atoms with van der Waals surface area (Å²) < 4.78 is 12.1. The third-order valence-electron chi connectivity index (χ3n) is 11.1. The van der Waals surface area contributed by atoms with Gasteiger partial charge in [0.2, 0.25) is 0 Å². The quantitative estimate of drug-likeness (QED) is 0.431. The zero-order valence-electron chi connectivity index (χ0n) is 22.7. The van der Waals surface area contributed by atoms with E-state index in [9.17, 15) is 14.4 Å². The van der Waals surface area contributed by atoms with E-state index in [4.69, 9.17) is 9.47 Å². The summed E-state index contributed by atoms with van der Waals surface area (Å²) in [6.07, 6.45) is 6.95. The van der Waals surface area contributed by atoms with Crippen LogP contribution in [0.5, 0.6) is 0 Å². The molecule has 5 nitrogen and oxygen atoms in total. The zero-order valence-corrected chi connectivity index (χ0v) is 22.7. The Morgan fingerprint density at radius 1 is 0.821 bits per heavy atom. The van der Waals surface area contributed by atoms with Crippen molar-refractivity contribution >= 4 is 17.7 Å². The van der Waals surface area contributed by atoms with Crippen molar-refractivity contribution in [1.82, 2.24) is 0 Å². The minimum absolute atomic E-state index is 0.0173. The molecule has 0 radical (unpaired) electrons. The van der Waals surface area contributed by atoms with Crippen LogP contribution in [0.1, 0.15) is 73.1 Å². The van der Waals surface area contributed by atoms with E-state index in [2.05, 4.69) is 13.8 Å². The largest absolute Gasteiger partial charge is 0.458 e. The third kappa shape index (κ3) is 3.83. The van der Waals surface area contributed by atoms with Crippen LogP contribution in [0.2, 0.25) is 0 Å². The first-order chi connectivity index (χ1) is 18.8. The van der Waals surface area contributed by atoms with Crippen LogP contribution in [0.4, 0.5) is 0 Å². The molecule has 5 aliphatic rings. The lowest BCUT2D eigenvalue weighted by Crippen LogP contribution is -2.55. The number of carbonyl (C=O) groups excluding carboxylic acids is 3. The lowest BCUT2D eigenvalue weighted by molar-refractivity contribution is -0.139. The average molecular weight is 525 g/mol. The van der Waals surface area contributed by atoms with Gasteiger partial charge in [0.25, 0.3) is 0 Å². The Morgan fingerprint density at radius 3 is 2.13 bits per heavy atom. The molecule has 0 saturated heterocycles. The molecule has 0 aromatic heterocycles. The van der Waals surface area contributed by atoms with Crippen LogP contribution in [0.15, 0.2) is 72.3 Å². The molecule has 0 amide bonds. The molecule has 4 saturated carbocycles. The van der Waals surface area contributed by atoms with Gasteiger partial charge in [0.15, 0.2) is 5.78 Å². The Bertz CT molecular complexity index is 1350. The highest BCUT2D eigenvalue weighted by Gasteiger charge is 2.72. The predicted octanol–water partition coefficient (Wildman–Crippen LogP) is 6.44. The standard InChI is InChI=1S/C34H36O5/c1-33-15-13-23(38-31(36)20-9-5-3-6-10-20)17-22(33)18-27(35)28-26(33)14-16-34(2)29(28)24-19-25(24)30(34)39-32(37)21-11-7-4-8-12-21/h3-12,18,23-26,28-30H,13-17,19H2,1-2H3/t23-,24+,25-,26-,28-,29-,30-,33-,34-/m0/s1. The van der Waals surface area contributed by atoms with Crippen LogP contribution in [0.25, 0.3) is 0 Å². The fourth-order valence-corrected chi connectivity index (χ4v) is 9.13. The van der Waals surface area contributed by atoms with Crippen LogP contribution in [-0.2, 0) is 14.3 Å². The number of esters is 2. The maximum Gasteiger partial charge on any atom is 0.338 e. The molecular formula is C34H36O5. The van der Waals surface area contributed by atoms with Gasteiger partial charge in [0.05, 0.1) is 11.1 Å². The van der Waals surface area contributed by atoms with Gasteiger partial charge in [-0.15, -0.1) is 0 Å². The maximum atomic E-state index is 13.9. The second-order valence-electron chi connectivity index (χ2n) is 13.1. The molecule has 0 N–H and O–H groups in total. The Kier molecular flexibility index (Phi) is 5.66. The van der Waals surface area contributed by atoms with E-state index in [-0.39, 0.29) is 52.6 Å². The van der Waals surface area contributed by atoms with E-state index in [0.29, 0.717) is 35.3 Å². The summed E-state index contributed by atoms with van der Waals surface area (Å²) in [7, 11) is 0. The Balaban J connectivity index is 1.11. The molecule has 9 atom stereocenters. The molecule has 0 unspecified atom stereocenters. The van der Waals surface area contributed by atoms with E-state index in [0.717, 1.165) is 37.7 Å². The van der Waals surface area contributed by atoms with Gasteiger partial charge < -0.3 is 9.47 Å². The summed E-state index contributed by atoms with van der Waals surface area (Å²) in [5.41, 5.74) is 2.09. The van der Waals surface area contributed by atoms with Crippen molar-refractivity contribution < 1.29 is 23.9 Å². The molecule has 202 valence electrons. The molecule has 0 spiro atoms. The van der Waals surface area contributed by atoms with Crippen molar-refractivity contribution in [3.05, 3.63) is 83.4 Å². The molecule has 0 bridgehead atoms. The van der Waals surface area contributed by atoms with E-state index in [1.807, 2.05) is 54.6 Å². The maximum absolute atomic E-state index is 13.9. The highest BCUT2D eigenvalue weighted by Crippen LogP contribution is 2.73. The smallest absolute Gasteiger partial charge is 0.338 e. The first kappa shape index (κ1) is 24.8.